The van der Waals surface area contributed by atoms with Crippen molar-refractivity contribution in [3.8, 4) is 0 Å². The molecule has 0 aromatic heterocycles. The third-order valence-electron chi connectivity index (χ3n) is 1.58. The first kappa shape index (κ1) is 22.5. The van der Waals surface area contributed by atoms with Crippen molar-refractivity contribution in [1.82, 2.24) is 5.32 Å². The van der Waals surface area contributed by atoms with E-state index >= 15 is 0 Å². The molecule has 3 atom stereocenters. The average Bonchev–Trinajstić information content (AvgIpc) is 2.38. The van der Waals surface area contributed by atoms with Crippen LogP contribution in [-0.4, -0.2) is 58.3 Å². The number of rotatable bonds is 7. The Balaban J connectivity index is -0.000000389. The van der Waals surface area contributed by atoms with Crippen LogP contribution in [0.15, 0.2) is 0 Å². The quantitative estimate of drug-likeness (QED) is 0.405. The highest BCUT2D eigenvalue weighted by Gasteiger charge is 2.18. The summed E-state index contributed by atoms with van der Waals surface area (Å²) in [5.41, 5.74) is 0. The maximum Gasteiger partial charge on any atom is 0.207 e. The Morgan fingerprint density at radius 1 is 1.11 bits per heavy atom. The van der Waals surface area contributed by atoms with Gasteiger partial charge in [-0.2, -0.15) is 0 Å². The predicted octanol–water partition coefficient (Wildman–Crippen LogP) is -0.360. The number of aliphatic hydroxyl groups is 4. The van der Waals surface area contributed by atoms with E-state index in [9.17, 15) is 4.79 Å². The molecule has 0 aliphatic heterocycles. The molecule has 112 valence electrons. The first-order valence-electron chi connectivity index (χ1n) is 6.35. The first-order valence-corrected chi connectivity index (χ1v) is 6.35. The highest BCUT2D eigenvalue weighted by Crippen LogP contribution is 2.02. The van der Waals surface area contributed by atoms with Crippen molar-refractivity contribution >= 4 is 6.41 Å². The van der Waals surface area contributed by atoms with Gasteiger partial charge in [-0.15, -0.1) is 0 Å². The lowest BCUT2D eigenvalue weighted by Gasteiger charge is -2.18. The Kier molecular flexibility index (Phi) is 23.3. The highest BCUT2D eigenvalue weighted by molar-refractivity contribution is 5.45. The van der Waals surface area contributed by atoms with Crippen LogP contribution in [0.1, 0.15) is 40.5 Å². The molecule has 0 saturated heterocycles. The number of carbonyl (C=O) groups is 1. The molecule has 1 unspecified atom stereocenters. The van der Waals surface area contributed by atoms with Gasteiger partial charge in [0.15, 0.2) is 0 Å². The fourth-order valence-corrected chi connectivity index (χ4v) is 0.825. The summed E-state index contributed by atoms with van der Waals surface area (Å²) in [5.74, 6) is 0. The number of carbonyl (C=O) groups excluding carboxylic acids is 1. The molecular weight excluding hydrogens is 238 g/mol. The van der Waals surface area contributed by atoms with E-state index in [0.717, 1.165) is 0 Å². The van der Waals surface area contributed by atoms with E-state index in [-0.39, 0.29) is 13.0 Å². The fourth-order valence-electron chi connectivity index (χ4n) is 0.825. The van der Waals surface area contributed by atoms with E-state index in [4.69, 9.17) is 20.4 Å². The molecule has 0 aliphatic carbocycles. The van der Waals surface area contributed by atoms with E-state index in [1.54, 1.807) is 0 Å². The fraction of sp³-hybridized carbons (Fsp3) is 0.917. The van der Waals surface area contributed by atoms with Gasteiger partial charge in [0.2, 0.25) is 6.41 Å². The monoisotopic (exact) mass is 267 g/mol. The van der Waals surface area contributed by atoms with Gasteiger partial charge in [0.05, 0.1) is 18.8 Å². The standard InChI is InChI=1S/C7H15NO5.C3H8.C2H6/c9-3-7(13)6(12)1-5(11)2-8-4-10;1-3-2;1-2/h4-7,9,11-13H,1-3H2,(H,8,10);3H2,1-2H3;1-2H3/t5-,6+,7?;;/m1../s1. The van der Waals surface area contributed by atoms with E-state index in [2.05, 4.69) is 19.2 Å². The van der Waals surface area contributed by atoms with Gasteiger partial charge in [-0.3, -0.25) is 4.79 Å². The largest absolute Gasteiger partial charge is 0.394 e. The molecule has 0 heterocycles. The summed E-state index contributed by atoms with van der Waals surface area (Å²) in [4.78, 5) is 9.81. The van der Waals surface area contributed by atoms with Crippen LogP contribution in [0.2, 0.25) is 0 Å². The normalized spacial score (nSPS) is 14.0. The molecule has 6 heteroatoms. The maximum absolute atomic E-state index is 9.81. The van der Waals surface area contributed by atoms with Crippen LogP contribution in [0.3, 0.4) is 0 Å². The van der Waals surface area contributed by atoms with Crippen LogP contribution in [-0.2, 0) is 4.79 Å². The Morgan fingerprint density at radius 2 is 1.56 bits per heavy atom. The molecular formula is C12H29NO5. The van der Waals surface area contributed by atoms with Crippen molar-refractivity contribution < 1.29 is 25.2 Å². The second kappa shape index (κ2) is 18.7. The van der Waals surface area contributed by atoms with Crippen LogP contribution in [0, 0.1) is 0 Å². The van der Waals surface area contributed by atoms with Crippen LogP contribution in [0.5, 0.6) is 0 Å². The summed E-state index contributed by atoms with van der Waals surface area (Å²) in [6.07, 6.45) is -1.79. The third kappa shape index (κ3) is 17.7. The molecule has 0 bridgehead atoms. The minimum absolute atomic E-state index is 0.0126. The number of amides is 1. The average molecular weight is 267 g/mol. The molecule has 0 aromatic rings. The van der Waals surface area contributed by atoms with Crippen LogP contribution in [0.25, 0.3) is 0 Å². The van der Waals surface area contributed by atoms with E-state index < -0.39 is 24.9 Å². The van der Waals surface area contributed by atoms with E-state index in [1.165, 1.54) is 6.42 Å². The smallest absolute Gasteiger partial charge is 0.207 e. The third-order valence-corrected chi connectivity index (χ3v) is 1.58. The van der Waals surface area contributed by atoms with Crippen LogP contribution in [0.4, 0.5) is 0 Å². The maximum atomic E-state index is 9.81. The van der Waals surface area contributed by atoms with Crippen molar-refractivity contribution in [3.63, 3.8) is 0 Å². The van der Waals surface area contributed by atoms with Gasteiger partial charge >= 0.3 is 0 Å². The van der Waals surface area contributed by atoms with Crippen molar-refractivity contribution in [2.75, 3.05) is 13.2 Å². The molecule has 18 heavy (non-hydrogen) atoms. The molecule has 0 fully saturated rings. The second-order valence-electron chi connectivity index (χ2n) is 3.44. The molecule has 5 N–H and O–H groups in total. The lowest BCUT2D eigenvalue weighted by molar-refractivity contribution is -0.110. The molecule has 0 rings (SSSR count). The zero-order valence-corrected chi connectivity index (χ0v) is 11.8. The zero-order chi connectivity index (χ0) is 15.0. The number of hydrogen-bond acceptors (Lipinski definition) is 5. The van der Waals surface area contributed by atoms with Gasteiger partial charge in [0.1, 0.15) is 6.10 Å². The Hall–Kier alpha value is -0.690. The summed E-state index contributed by atoms with van der Waals surface area (Å²) < 4.78 is 0. The lowest BCUT2D eigenvalue weighted by Crippen LogP contribution is -2.36. The first-order chi connectivity index (χ1) is 8.53. The van der Waals surface area contributed by atoms with Gasteiger partial charge in [0.25, 0.3) is 0 Å². The van der Waals surface area contributed by atoms with Gasteiger partial charge < -0.3 is 25.7 Å². The molecule has 0 spiro atoms. The number of hydrogen-bond donors (Lipinski definition) is 5. The van der Waals surface area contributed by atoms with Crippen molar-refractivity contribution in [3.05, 3.63) is 0 Å². The summed E-state index contributed by atoms with van der Waals surface area (Å²) in [7, 11) is 0. The van der Waals surface area contributed by atoms with Gasteiger partial charge in [-0.1, -0.05) is 34.1 Å². The predicted molar refractivity (Wildman–Crippen MR) is 71.1 cm³/mol. The minimum atomic E-state index is -1.26. The molecule has 0 saturated carbocycles. The van der Waals surface area contributed by atoms with Gasteiger partial charge in [-0.25, -0.2) is 0 Å². The van der Waals surface area contributed by atoms with Crippen LogP contribution < -0.4 is 5.32 Å². The topological polar surface area (TPSA) is 110 Å². The molecule has 6 nitrogen and oxygen atoms in total. The Bertz CT molecular complexity index is 157. The molecule has 0 aromatic carbocycles. The number of aliphatic hydroxyl groups excluding tert-OH is 4. The highest BCUT2D eigenvalue weighted by atomic mass is 16.4. The summed E-state index contributed by atoms with van der Waals surface area (Å²) in [5, 5.41) is 37.8. The Morgan fingerprint density at radius 3 is 1.89 bits per heavy atom. The van der Waals surface area contributed by atoms with Crippen molar-refractivity contribution in [1.29, 1.82) is 0 Å². The van der Waals surface area contributed by atoms with E-state index in [0.29, 0.717) is 6.41 Å². The van der Waals surface area contributed by atoms with Crippen molar-refractivity contribution in [2.24, 2.45) is 0 Å². The van der Waals surface area contributed by atoms with Gasteiger partial charge in [0, 0.05) is 13.0 Å². The molecule has 1 amide bonds. The minimum Gasteiger partial charge on any atom is -0.394 e. The summed E-state index contributed by atoms with van der Waals surface area (Å²) >= 11 is 0. The summed E-state index contributed by atoms with van der Waals surface area (Å²) in [6.45, 7) is 7.70. The number of nitrogens with one attached hydrogen (secondary N) is 1. The molecule has 0 radical (unpaired) electrons. The van der Waals surface area contributed by atoms with Crippen LogP contribution >= 0.6 is 0 Å². The molecule has 0 aliphatic rings. The lowest BCUT2D eigenvalue weighted by atomic mass is 10.1. The Labute approximate surface area is 110 Å². The summed E-state index contributed by atoms with van der Waals surface area (Å²) in [6, 6.07) is 0. The second-order valence-corrected chi connectivity index (χ2v) is 3.44. The zero-order valence-electron chi connectivity index (χ0n) is 11.8. The van der Waals surface area contributed by atoms with E-state index in [1.807, 2.05) is 13.8 Å². The van der Waals surface area contributed by atoms with Gasteiger partial charge in [-0.05, 0) is 0 Å². The SMILES string of the molecule is CC.CCC.O=CNC[C@H](O)C[C@H](O)C(O)CO. The van der Waals surface area contributed by atoms with Crippen molar-refractivity contribution in [2.45, 2.75) is 58.8 Å².